The van der Waals surface area contributed by atoms with E-state index in [-0.39, 0.29) is 10.8 Å². The van der Waals surface area contributed by atoms with Gasteiger partial charge in [0.15, 0.2) is 0 Å². The molecule has 0 bridgehead atoms. The van der Waals surface area contributed by atoms with E-state index in [2.05, 4.69) is 126 Å². The largest absolute Gasteiger partial charge is 0.354 e. The molecule has 36 heavy (non-hydrogen) atoms. The summed E-state index contributed by atoms with van der Waals surface area (Å²) in [5.41, 5.74) is 12.9. The number of aryl methyl sites for hydroxylation is 2. The summed E-state index contributed by atoms with van der Waals surface area (Å²) in [6, 6.07) is 22.7. The van der Waals surface area contributed by atoms with Crippen LogP contribution in [0.5, 0.6) is 0 Å². The van der Waals surface area contributed by atoms with Gasteiger partial charge >= 0.3 is 0 Å². The first-order valence-corrected chi connectivity index (χ1v) is 13.0. The lowest BCUT2D eigenvalue weighted by atomic mass is 9.79. The highest BCUT2D eigenvalue weighted by molar-refractivity contribution is 6.14. The van der Waals surface area contributed by atoms with Crippen LogP contribution in [0.4, 0.5) is 0 Å². The van der Waals surface area contributed by atoms with E-state index in [1.807, 2.05) is 0 Å². The molecule has 2 nitrogen and oxygen atoms in total. The summed E-state index contributed by atoms with van der Waals surface area (Å²) in [6.45, 7) is 18.4. The Kier molecular flexibility index (Phi) is 4.77. The third kappa shape index (κ3) is 3.38. The number of hydrogen-bond donors (Lipinski definition) is 2. The molecule has 2 heteroatoms. The van der Waals surface area contributed by atoms with Gasteiger partial charge < -0.3 is 9.97 Å². The smallest absolute Gasteiger partial charge is 0.0474 e. The minimum absolute atomic E-state index is 0.00570. The van der Waals surface area contributed by atoms with E-state index in [1.165, 1.54) is 77.0 Å². The second-order valence-corrected chi connectivity index (χ2v) is 12.6. The zero-order valence-electron chi connectivity index (χ0n) is 22.8. The molecule has 0 fully saturated rings. The van der Waals surface area contributed by atoms with Gasteiger partial charge in [-0.2, -0.15) is 0 Å². The first kappa shape index (κ1) is 22.9. The Hall–Kier alpha value is -3.52. The predicted octanol–water partition coefficient (Wildman–Crippen LogP) is 9.83. The molecule has 0 saturated carbocycles. The van der Waals surface area contributed by atoms with Crippen molar-refractivity contribution in [3.8, 4) is 11.1 Å². The van der Waals surface area contributed by atoms with Gasteiger partial charge in [0.1, 0.15) is 0 Å². The Balaban J connectivity index is 1.68. The first-order chi connectivity index (χ1) is 16.9. The Labute approximate surface area is 213 Å². The van der Waals surface area contributed by atoms with Gasteiger partial charge in [-0.05, 0) is 88.4 Å². The summed E-state index contributed by atoms with van der Waals surface area (Å²) in [6.07, 6.45) is 0. The summed E-state index contributed by atoms with van der Waals surface area (Å²) in [5.74, 6) is 0. The van der Waals surface area contributed by atoms with Crippen LogP contribution in [0.25, 0.3) is 54.7 Å². The number of aromatic nitrogens is 2. The molecule has 0 aliphatic heterocycles. The number of benzene rings is 4. The average Bonchev–Trinajstić information content (AvgIpc) is 3.35. The third-order valence-corrected chi connectivity index (χ3v) is 7.80. The number of rotatable bonds is 1. The number of nitrogens with one attached hydrogen (secondary N) is 2. The van der Waals surface area contributed by atoms with Gasteiger partial charge in [-0.3, -0.25) is 0 Å². The standard InChI is InChI=1S/C34H36N2/c1-19-11-9-13-25-29(19)30-20(2)15-21(17-27(30)35-25)22-16-24(34(6,7)8)32-28(18-22)36-26-14-10-12-23(31(26)32)33(3,4)5/h9-18,35-36H,1-8H3. The van der Waals surface area contributed by atoms with Crippen molar-refractivity contribution in [2.24, 2.45) is 0 Å². The lowest BCUT2D eigenvalue weighted by molar-refractivity contribution is 0.592. The second kappa shape index (κ2) is 7.49. The highest BCUT2D eigenvalue weighted by Crippen LogP contribution is 2.43. The van der Waals surface area contributed by atoms with Crippen molar-refractivity contribution in [2.45, 2.75) is 66.2 Å². The Morgan fingerprint density at radius 3 is 1.61 bits per heavy atom. The van der Waals surface area contributed by atoms with Crippen molar-refractivity contribution >= 4 is 43.6 Å². The molecular weight excluding hydrogens is 436 g/mol. The minimum Gasteiger partial charge on any atom is -0.354 e. The first-order valence-electron chi connectivity index (χ1n) is 13.0. The SMILES string of the molecule is Cc1cccc2[nH]c3cc(-c4cc(C(C)(C)C)c5c(c4)[nH]c4cccc(C(C)(C)C)c45)cc(C)c3c12. The maximum atomic E-state index is 3.79. The molecule has 182 valence electrons. The topological polar surface area (TPSA) is 31.6 Å². The van der Waals surface area contributed by atoms with Crippen molar-refractivity contribution in [3.63, 3.8) is 0 Å². The molecule has 6 aromatic rings. The van der Waals surface area contributed by atoms with Crippen molar-refractivity contribution in [3.05, 3.63) is 82.9 Å². The monoisotopic (exact) mass is 472 g/mol. The van der Waals surface area contributed by atoms with Crippen LogP contribution in [0.15, 0.2) is 60.7 Å². The number of H-pyrrole nitrogens is 2. The quantitative estimate of drug-likeness (QED) is 0.239. The van der Waals surface area contributed by atoms with Crippen molar-refractivity contribution in [1.82, 2.24) is 9.97 Å². The molecule has 0 saturated heterocycles. The summed E-state index contributed by atoms with van der Waals surface area (Å²) >= 11 is 0. The van der Waals surface area contributed by atoms with E-state index in [4.69, 9.17) is 0 Å². The summed E-state index contributed by atoms with van der Waals surface area (Å²) < 4.78 is 0. The van der Waals surface area contributed by atoms with Crippen LogP contribution in [0.1, 0.15) is 63.8 Å². The molecule has 0 spiro atoms. The minimum atomic E-state index is 0.00570. The van der Waals surface area contributed by atoms with Gasteiger partial charge in [0.05, 0.1) is 0 Å². The summed E-state index contributed by atoms with van der Waals surface area (Å²) in [5, 5.41) is 5.41. The lowest BCUT2D eigenvalue weighted by Crippen LogP contribution is -2.14. The second-order valence-electron chi connectivity index (χ2n) is 12.6. The van der Waals surface area contributed by atoms with Crippen molar-refractivity contribution in [2.75, 3.05) is 0 Å². The van der Waals surface area contributed by atoms with Crippen molar-refractivity contribution < 1.29 is 0 Å². The molecule has 0 aliphatic rings. The molecule has 2 N–H and O–H groups in total. The molecule has 0 amide bonds. The predicted molar refractivity (Wildman–Crippen MR) is 157 cm³/mol. The van der Waals surface area contributed by atoms with Gasteiger partial charge in [-0.15, -0.1) is 0 Å². The maximum Gasteiger partial charge on any atom is 0.0474 e. The van der Waals surface area contributed by atoms with E-state index >= 15 is 0 Å². The van der Waals surface area contributed by atoms with E-state index in [1.54, 1.807) is 0 Å². The molecule has 0 atom stereocenters. The van der Waals surface area contributed by atoms with Crippen LogP contribution in [0.3, 0.4) is 0 Å². The number of hydrogen-bond acceptors (Lipinski definition) is 0. The molecule has 4 aromatic carbocycles. The summed E-state index contributed by atoms with van der Waals surface area (Å²) in [4.78, 5) is 7.48. The van der Waals surface area contributed by atoms with Crippen LogP contribution in [0.2, 0.25) is 0 Å². The lowest BCUT2D eigenvalue weighted by Gasteiger charge is -2.24. The van der Waals surface area contributed by atoms with Gasteiger partial charge in [0.2, 0.25) is 0 Å². The Bertz CT molecular complexity index is 1810. The van der Waals surface area contributed by atoms with Gasteiger partial charge in [-0.25, -0.2) is 0 Å². The Morgan fingerprint density at radius 1 is 0.472 bits per heavy atom. The molecular formula is C34H36N2. The zero-order chi connectivity index (χ0) is 25.6. The van der Waals surface area contributed by atoms with E-state index in [9.17, 15) is 0 Å². The van der Waals surface area contributed by atoms with Gasteiger partial charge in [0.25, 0.3) is 0 Å². The molecule has 0 radical (unpaired) electrons. The van der Waals surface area contributed by atoms with Crippen LogP contribution >= 0.6 is 0 Å². The fraction of sp³-hybridized carbons (Fsp3) is 0.294. The highest BCUT2D eigenvalue weighted by atomic mass is 14.7. The molecule has 0 unspecified atom stereocenters. The zero-order valence-corrected chi connectivity index (χ0v) is 22.8. The third-order valence-electron chi connectivity index (χ3n) is 7.80. The molecule has 2 heterocycles. The maximum absolute atomic E-state index is 3.79. The molecule has 0 aliphatic carbocycles. The van der Waals surface area contributed by atoms with Crippen LogP contribution in [-0.4, -0.2) is 9.97 Å². The van der Waals surface area contributed by atoms with Crippen LogP contribution in [-0.2, 0) is 10.8 Å². The van der Waals surface area contributed by atoms with Crippen molar-refractivity contribution in [1.29, 1.82) is 0 Å². The van der Waals surface area contributed by atoms with E-state index in [0.717, 1.165) is 0 Å². The molecule has 6 rings (SSSR count). The summed E-state index contributed by atoms with van der Waals surface area (Å²) in [7, 11) is 0. The Morgan fingerprint density at radius 2 is 0.972 bits per heavy atom. The fourth-order valence-electron chi connectivity index (χ4n) is 6.10. The molecule has 2 aromatic heterocycles. The average molecular weight is 473 g/mol. The van der Waals surface area contributed by atoms with E-state index < -0.39 is 0 Å². The van der Waals surface area contributed by atoms with Gasteiger partial charge in [-0.1, -0.05) is 71.9 Å². The fourth-order valence-corrected chi connectivity index (χ4v) is 6.10. The number of aromatic amines is 2. The van der Waals surface area contributed by atoms with Gasteiger partial charge in [0, 0.05) is 43.6 Å². The van der Waals surface area contributed by atoms with Crippen LogP contribution in [0, 0.1) is 13.8 Å². The highest BCUT2D eigenvalue weighted by Gasteiger charge is 2.25. The number of fused-ring (bicyclic) bond motifs is 6. The van der Waals surface area contributed by atoms with Crippen LogP contribution < -0.4 is 0 Å². The van der Waals surface area contributed by atoms with E-state index in [0.29, 0.717) is 0 Å². The normalized spacial score (nSPS) is 13.0.